The minimum Gasteiger partial charge on any atom is -0.443 e. The third-order valence-corrected chi connectivity index (χ3v) is 14.7. The fraction of sp³-hybridized carbons (Fsp3) is 0.481. The van der Waals surface area contributed by atoms with E-state index in [1.807, 2.05) is 123 Å². The van der Waals surface area contributed by atoms with Crippen molar-refractivity contribution < 1.29 is 42.5 Å². The van der Waals surface area contributed by atoms with Gasteiger partial charge in [0.05, 0.1) is 58.4 Å². The number of likely N-dealkylation sites (tertiary alicyclic amines) is 2. The Morgan fingerprint density at radius 1 is 0.736 bits per heavy atom. The molecule has 2 fully saturated rings. The van der Waals surface area contributed by atoms with E-state index in [2.05, 4.69) is 30.9 Å². The molecule has 4 aromatic heterocycles. The molecule has 4 amide bonds. The average molecular weight is 1000 g/mol. The topological polar surface area (TPSA) is 219 Å². The number of benzene rings is 2. The normalized spacial score (nSPS) is 20.1. The Labute approximate surface area is 424 Å². The number of carbonyl (C=O) groups is 4. The molecule has 8 atom stereocenters. The Balaban J connectivity index is 0.956. The summed E-state index contributed by atoms with van der Waals surface area (Å²) in [7, 11) is 0. The quantitative estimate of drug-likeness (QED) is 0.0880. The van der Waals surface area contributed by atoms with Crippen molar-refractivity contribution in [3.63, 3.8) is 0 Å². The minimum atomic E-state index is -0.910. The molecule has 72 heavy (non-hydrogen) atoms. The van der Waals surface area contributed by atoms with E-state index < -0.39 is 53.0 Å². The number of β-amino-alcohol motifs (C(OH)–C–C–N with tert-alkyl or cyclic N) is 1. The summed E-state index contributed by atoms with van der Waals surface area (Å²) in [6, 6.07) is 16.5. The molecule has 18 heteroatoms. The van der Waals surface area contributed by atoms with Gasteiger partial charge in [0.25, 0.3) is 0 Å². The summed E-state index contributed by atoms with van der Waals surface area (Å²) in [6.45, 7) is 21.0. The van der Waals surface area contributed by atoms with Gasteiger partial charge in [0.2, 0.25) is 23.6 Å². The number of aliphatic hydroxyl groups excluding tert-OH is 1. The number of rotatable bonds is 15. The molecule has 2 aliphatic heterocycles. The molecule has 0 aliphatic carbocycles. The zero-order chi connectivity index (χ0) is 51.8. The smallest absolute Gasteiger partial charge is 0.243 e. The van der Waals surface area contributed by atoms with E-state index in [1.54, 1.807) is 35.3 Å². The number of hydrogen-bond donors (Lipinski definition) is 3. The van der Waals surface area contributed by atoms with Crippen LogP contribution in [0, 0.1) is 31.6 Å². The van der Waals surface area contributed by atoms with Crippen molar-refractivity contribution >= 4 is 35.0 Å². The third kappa shape index (κ3) is 11.2. The first-order valence-corrected chi connectivity index (χ1v) is 25.4. The lowest BCUT2D eigenvalue weighted by molar-refractivity contribution is -0.142. The monoisotopic (exact) mass is 1000 g/mol. The van der Waals surface area contributed by atoms with Gasteiger partial charge in [-0.15, -0.1) is 11.3 Å². The maximum absolute atomic E-state index is 14.8. The van der Waals surface area contributed by atoms with E-state index >= 15 is 0 Å². The van der Waals surface area contributed by atoms with Crippen LogP contribution in [0.25, 0.3) is 21.8 Å². The van der Waals surface area contributed by atoms with Crippen LogP contribution < -0.4 is 10.6 Å². The van der Waals surface area contributed by atoms with E-state index in [9.17, 15) is 24.3 Å². The van der Waals surface area contributed by atoms with Gasteiger partial charge in [0, 0.05) is 43.6 Å². The van der Waals surface area contributed by atoms with E-state index in [1.165, 1.54) is 11.3 Å². The SMILES string of the molecule is Cc1cc([C@H](C(=O)N2C[C@H](OCc3cc([C@H](C(=O)N4C[C@H](O)C[C@H]4C(=O)N[C@@H](C)c4ccc(-c5scnc5C)cc4)C(C)(C)C)on3)C[C@H]2C(=O)N[C@@H](C)c2ccc(-c3ocnc3C)cc2)C(C)(C)C)on1. The second kappa shape index (κ2) is 20.9. The number of ether oxygens (including phenoxy) is 1. The minimum absolute atomic E-state index is 0.0167. The molecule has 8 rings (SSSR count). The average Bonchev–Trinajstić information content (AvgIpc) is 4.20. The maximum atomic E-state index is 14.8. The van der Waals surface area contributed by atoms with Crippen molar-refractivity contribution in [1.29, 1.82) is 0 Å². The Bertz CT molecular complexity index is 2870. The molecule has 0 saturated carbocycles. The fourth-order valence-corrected chi connectivity index (χ4v) is 10.7. The Morgan fingerprint density at radius 2 is 1.28 bits per heavy atom. The molecule has 2 aliphatic rings. The van der Waals surface area contributed by atoms with Crippen molar-refractivity contribution in [2.75, 3.05) is 13.1 Å². The predicted molar refractivity (Wildman–Crippen MR) is 269 cm³/mol. The number of amides is 4. The van der Waals surface area contributed by atoms with Crippen molar-refractivity contribution in [2.45, 2.75) is 144 Å². The lowest BCUT2D eigenvalue weighted by atomic mass is 9.78. The van der Waals surface area contributed by atoms with Crippen molar-refractivity contribution in [3.05, 3.63) is 118 Å². The highest BCUT2D eigenvalue weighted by Gasteiger charge is 2.48. The Kier molecular flexibility index (Phi) is 15.1. The summed E-state index contributed by atoms with van der Waals surface area (Å²) in [6.07, 6.45) is 0.227. The molecule has 3 N–H and O–H groups in total. The summed E-state index contributed by atoms with van der Waals surface area (Å²) in [4.78, 5) is 70.4. The van der Waals surface area contributed by atoms with Crippen molar-refractivity contribution in [2.24, 2.45) is 10.8 Å². The molecule has 2 saturated heterocycles. The fourth-order valence-electron chi connectivity index (χ4n) is 9.93. The third-order valence-electron chi connectivity index (χ3n) is 13.8. The highest BCUT2D eigenvalue weighted by atomic mass is 32.1. The van der Waals surface area contributed by atoms with E-state index in [4.69, 9.17) is 18.2 Å². The number of aliphatic hydroxyl groups is 1. The van der Waals surface area contributed by atoms with Gasteiger partial charge in [-0.25, -0.2) is 9.97 Å². The first-order chi connectivity index (χ1) is 34.1. The standard InChI is InChI=1S/C54H66N8O9S/c1-29-20-43(70-59-29)45(53(6,7)8)52(67)62-25-40(23-42(62)50(65)58-30(2)34-12-16-36(17-13-34)47-32(4)55-27-69-47)68-26-38-21-44(71-60-38)46(54(9,10)11)51(66)61-24-39(63)22-41(61)49(64)57-31(3)35-14-18-37(19-15-35)48-33(5)56-28-72-48/h12-21,27-28,30-31,39-42,45-46,63H,22-26H2,1-11H3,(H,57,64)(H,58,65)/t30-,31-,39+,40+,41-,42-,45+,46+/m0/s1. The summed E-state index contributed by atoms with van der Waals surface area (Å²) < 4.78 is 23.6. The maximum Gasteiger partial charge on any atom is 0.243 e. The molecule has 6 aromatic rings. The van der Waals surface area contributed by atoms with Gasteiger partial charge < -0.3 is 43.7 Å². The Morgan fingerprint density at radius 3 is 1.79 bits per heavy atom. The van der Waals surface area contributed by atoms with Gasteiger partial charge in [-0.2, -0.15) is 0 Å². The molecule has 17 nitrogen and oxygen atoms in total. The predicted octanol–water partition coefficient (Wildman–Crippen LogP) is 8.53. The van der Waals surface area contributed by atoms with Gasteiger partial charge in [-0.1, -0.05) is 100 Å². The van der Waals surface area contributed by atoms with E-state index in [0.29, 0.717) is 22.9 Å². The summed E-state index contributed by atoms with van der Waals surface area (Å²) in [5.74, 6) is -1.60. The van der Waals surface area contributed by atoms with Crippen molar-refractivity contribution in [1.82, 2.24) is 40.7 Å². The highest BCUT2D eigenvalue weighted by molar-refractivity contribution is 7.13. The van der Waals surface area contributed by atoms with Crippen LogP contribution >= 0.6 is 11.3 Å². The second-order valence-corrected chi connectivity index (χ2v) is 22.4. The largest absolute Gasteiger partial charge is 0.443 e. The first kappa shape index (κ1) is 51.8. The van der Waals surface area contributed by atoms with Crippen molar-refractivity contribution in [3.8, 4) is 21.8 Å². The molecular weight excluding hydrogens is 937 g/mol. The zero-order valence-electron chi connectivity index (χ0n) is 42.9. The number of carbonyl (C=O) groups excluding carboxylic acids is 4. The molecule has 6 heterocycles. The van der Waals surface area contributed by atoms with Crippen LogP contribution in [0.4, 0.5) is 0 Å². The van der Waals surface area contributed by atoms with E-state index in [-0.39, 0.29) is 68.0 Å². The van der Waals surface area contributed by atoms with Crippen LogP contribution in [-0.4, -0.2) is 96.2 Å². The van der Waals surface area contributed by atoms with Gasteiger partial charge in [0.1, 0.15) is 41.1 Å². The van der Waals surface area contributed by atoms with Gasteiger partial charge in [-0.05, 0) is 62.1 Å². The van der Waals surface area contributed by atoms with Gasteiger partial charge in [-0.3, -0.25) is 19.2 Å². The number of aryl methyl sites for hydroxylation is 3. The molecule has 0 bridgehead atoms. The molecule has 0 spiro atoms. The highest BCUT2D eigenvalue weighted by Crippen LogP contribution is 2.41. The number of aromatic nitrogens is 4. The van der Waals surface area contributed by atoms with Gasteiger partial charge >= 0.3 is 0 Å². The molecule has 0 radical (unpaired) electrons. The lowest BCUT2D eigenvalue weighted by Gasteiger charge is -2.33. The van der Waals surface area contributed by atoms with E-state index in [0.717, 1.165) is 38.5 Å². The summed E-state index contributed by atoms with van der Waals surface area (Å²) in [5, 5.41) is 25.5. The number of thiazole rings is 1. The molecule has 0 unspecified atom stereocenters. The van der Waals surface area contributed by atoms with Crippen LogP contribution in [0.3, 0.4) is 0 Å². The molecular formula is C54H66N8O9S. The second-order valence-electron chi connectivity index (χ2n) is 21.5. The van der Waals surface area contributed by atoms with Crippen LogP contribution in [-0.2, 0) is 30.5 Å². The number of nitrogens with one attached hydrogen (secondary N) is 2. The first-order valence-electron chi connectivity index (χ1n) is 24.5. The van der Waals surface area contributed by atoms with Gasteiger partial charge in [0.15, 0.2) is 12.2 Å². The van der Waals surface area contributed by atoms with Crippen LogP contribution in [0.5, 0.6) is 0 Å². The van der Waals surface area contributed by atoms with Crippen LogP contribution in [0.2, 0.25) is 0 Å². The number of hydrogen-bond acceptors (Lipinski definition) is 14. The number of nitrogens with zero attached hydrogens (tertiary/aromatic N) is 6. The number of oxazole rings is 1. The Hall–Kier alpha value is -6.50. The summed E-state index contributed by atoms with van der Waals surface area (Å²) in [5.41, 5.74) is 6.97. The van der Waals surface area contributed by atoms with Crippen LogP contribution in [0.1, 0.15) is 138 Å². The molecule has 382 valence electrons. The zero-order valence-corrected chi connectivity index (χ0v) is 43.7. The van der Waals surface area contributed by atoms with Crippen LogP contribution in [0.15, 0.2) is 86.0 Å². The molecule has 2 aromatic carbocycles. The lowest BCUT2D eigenvalue weighted by Crippen LogP contribution is -2.49. The summed E-state index contributed by atoms with van der Waals surface area (Å²) >= 11 is 1.57.